The van der Waals surface area contributed by atoms with Gasteiger partial charge in [-0.3, -0.25) is 4.79 Å². The van der Waals surface area contributed by atoms with Crippen LogP contribution in [-0.2, 0) is 0 Å². The van der Waals surface area contributed by atoms with E-state index < -0.39 is 5.82 Å². The molecule has 1 aromatic rings. The summed E-state index contributed by atoms with van der Waals surface area (Å²) in [5.41, 5.74) is 5.87. The number of carbonyl (C=O) groups is 1. The third kappa shape index (κ3) is 3.68. The predicted molar refractivity (Wildman–Crippen MR) is 65.9 cm³/mol. The van der Waals surface area contributed by atoms with Gasteiger partial charge in [-0.2, -0.15) is 0 Å². The molecule has 0 aliphatic rings. The Labute approximate surface area is 103 Å². The van der Waals surface area contributed by atoms with E-state index in [0.29, 0.717) is 4.47 Å². The standard InChI is InChI=1S/C12H15BrFNO/c1-2-3-9(15)7-12(16)10-6-8(13)4-5-11(10)14/h4-6,9H,2-3,7,15H2,1H3. The minimum Gasteiger partial charge on any atom is -0.327 e. The SMILES string of the molecule is CCCC(N)CC(=O)c1cc(Br)ccc1F. The number of halogens is 2. The van der Waals surface area contributed by atoms with Crippen LogP contribution in [0.25, 0.3) is 0 Å². The number of nitrogens with two attached hydrogens (primary N) is 1. The maximum atomic E-state index is 13.4. The zero-order valence-corrected chi connectivity index (χ0v) is 10.8. The molecule has 0 aliphatic heterocycles. The minimum absolute atomic E-state index is 0.112. The lowest BCUT2D eigenvalue weighted by Crippen LogP contribution is -2.23. The molecule has 1 atom stereocenters. The van der Waals surface area contributed by atoms with E-state index in [4.69, 9.17) is 5.73 Å². The molecule has 0 amide bonds. The first kappa shape index (κ1) is 13.3. The first-order valence-electron chi connectivity index (χ1n) is 5.28. The molecular formula is C12H15BrFNO. The van der Waals surface area contributed by atoms with Gasteiger partial charge >= 0.3 is 0 Å². The molecule has 4 heteroatoms. The van der Waals surface area contributed by atoms with Crippen molar-refractivity contribution in [1.82, 2.24) is 0 Å². The summed E-state index contributed by atoms with van der Waals surface area (Å²) in [5.74, 6) is -0.725. The first-order chi connectivity index (χ1) is 7.54. The van der Waals surface area contributed by atoms with Crippen LogP contribution in [0, 0.1) is 5.82 Å². The summed E-state index contributed by atoms with van der Waals surface area (Å²) in [5, 5.41) is 0. The highest BCUT2D eigenvalue weighted by atomic mass is 79.9. The predicted octanol–water partition coefficient (Wildman–Crippen LogP) is 3.29. The van der Waals surface area contributed by atoms with Crippen molar-refractivity contribution in [2.75, 3.05) is 0 Å². The van der Waals surface area contributed by atoms with Gasteiger partial charge in [0.2, 0.25) is 0 Å². The maximum absolute atomic E-state index is 13.4. The van der Waals surface area contributed by atoms with Gasteiger partial charge in [-0.05, 0) is 24.6 Å². The van der Waals surface area contributed by atoms with Crippen LogP contribution in [0.5, 0.6) is 0 Å². The smallest absolute Gasteiger partial charge is 0.167 e. The number of rotatable bonds is 5. The molecule has 2 N–H and O–H groups in total. The van der Waals surface area contributed by atoms with Gasteiger partial charge in [0.1, 0.15) is 5.82 Å². The van der Waals surface area contributed by atoms with Crippen LogP contribution in [0.1, 0.15) is 36.5 Å². The molecule has 0 fully saturated rings. The third-order valence-corrected chi connectivity index (χ3v) is 2.83. The Bertz CT molecular complexity index is 381. The van der Waals surface area contributed by atoms with Gasteiger partial charge in [-0.1, -0.05) is 29.3 Å². The number of hydrogen-bond acceptors (Lipinski definition) is 2. The summed E-state index contributed by atoms with van der Waals surface area (Å²) < 4.78 is 14.1. The van der Waals surface area contributed by atoms with Crippen LogP contribution >= 0.6 is 15.9 Å². The Morgan fingerprint density at radius 1 is 1.56 bits per heavy atom. The van der Waals surface area contributed by atoms with Gasteiger partial charge < -0.3 is 5.73 Å². The third-order valence-electron chi connectivity index (χ3n) is 2.34. The fourth-order valence-electron chi connectivity index (χ4n) is 1.53. The zero-order chi connectivity index (χ0) is 12.1. The Kier molecular flexibility index (Phi) is 5.09. The first-order valence-corrected chi connectivity index (χ1v) is 6.07. The van der Waals surface area contributed by atoms with E-state index in [1.54, 1.807) is 6.07 Å². The maximum Gasteiger partial charge on any atom is 0.167 e. The Morgan fingerprint density at radius 3 is 2.88 bits per heavy atom. The van der Waals surface area contributed by atoms with E-state index in [-0.39, 0.29) is 23.8 Å². The van der Waals surface area contributed by atoms with E-state index in [1.807, 2.05) is 6.92 Å². The number of ketones is 1. The van der Waals surface area contributed by atoms with Crippen molar-refractivity contribution in [2.45, 2.75) is 32.2 Å². The molecule has 0 heterocycles. The number of carbonyl (C=O) groups excluding carboxylic acids is 1. The zero-order valence-electron chi connectivity index (χ0n) is 9.17. The number of benzene rings is 1. The molecule has 0 aromatic heterocycles. The highest BCUT2D eigenvalue weighted by molar-refractivity contribution is 9.10. The lowest BCUT2D eigenvalue weighted by atomic mass is 10.0. The second-order valence-corrected chi connectivity index (χ2v) is 4.72. The molecule has 2 nitrogen and oxygen atoms in total. The van der Waals surface area contributed by atoms with Gasteiger partial charge in [0.25, 0.3) is 0 Å². The summed E-state index contributed by atoms with van der Waals surface area (Å²) in [4.78, 5) is 11.8. The molecular weight excluding hydrogens is 273 g/mol. The van der Waals surface area contributed by atoms with Crippen LogP contribution in [0.3, 0.4) is 0 Å². The summed E-state index contributed by atoms with van der Waals surface area (Å²) in [6, 6.07) is 4.16. The number of hydrogen-bond donors (Lipinski definition) is 1. The van der Waals surface area contributed by atoms with E-state index >= 15 is 0 Å². The van der Waals surface area contributed by atoms with E-state index in [9.17, 15) is 9.18 Å². The molecule has 0 aliphatic carbocycles. The average Bonchev–Trinajstić information content (AvgIpc) is 2.21. The van der Waals surface area contributed by atoms with Gasteiger partial charge in [-0.15, -0.1) is 0 Å². The Morgan fingerprint density at radius 2 is 2.25 bits per heavy atom. The highest BCUT2D eigenvalue weighted by Crippen LogP contribution is 2.17. The van der Waals surface area contributed by atoms with Crippen molar-refractivity contribution < 1.29 is 9.18 Å². The van der Waals surface area contributed by atoms with Crippen molar-refractivity contribution in [3.63, 3.8) is 0 Å². The van der Waals surface area contributed by atoms with Crippen LogP contribution in [0.4, 0.5) is 4.39 Å². The topological polar surface area (TPSA) is 43.1 Å². The van der Waals surface area contributed by atoms with Gasteiger partial charge in [0.15, 0.2) is 5.78 Å². The quantitative estimate of drug-likeness (QED) is 0.845. The van der Waals surface area contributed by atoms with Gasteiger partial charge in [-0.25, -0.2) is 4.39 Å². The fourth-order valence-corrected chi connectivity index (χ4v) is 1.89. The van der Waals surface area contributed by atoms with Crippen LogP contribution in [0.2, 0.25) is 0 Å². The van der Waals surface area contributed by atoms with Crippen molar-refractivity contribution in [3.05, 3.63) is 34.1 Å². The molecule has 1 rings (SSSR count). The van der Waals surface area contributed by atoms with E-state index in [0.717, 1.165) is 12.8 Å². The highest BCUT2D eigenvalue weighted by Gasteiger charge is 2.15. The Balaban J connectivity index is 2.76. The molecule has 0 saturated heterocycles. The van der Waals surface area contributed by atoms with Crippen LogP contribution < -0.4 is 5.73 Å². The van der Waals surface area contributed by atoms with Gasteiger partial charge in [0.05, 0.1) is 5.56 Å². The largest absolute Gasteiger partial charge is 0.327 e. The normalized spacial score (nSPS) is 12.5. The lowest BCUT2D eigenvalue weighted by Gasteiger charge is -2.09. The Hall–Kier alpha value is -0.740. The molecule has 0 saturated carbocycles. The van der Waals surface area contributed by atoms with Crippen molar-refractivity contribution in [3.8, 4) is 0 Å². The summed E-state index contributed by atoms with van der Waals surface area (Å²) >= 11 is 3.21. The van der Waals surface area contributed by atoms with Crippen molar-refractivity contribution in [2.24, 2.45) is 5.73 Å². The van der Waals surface area contributed by atoms with Crippen LogP contribution in [0.15, 0.2) is 22.7 Å². The molecule has 1 unspecified atom stereocenters. The second kappa shape index (κ2) is 6.11. The fraction of sp³-hybridized carbons (Fsp3) is 0.417. The molecule has 0 radical (unpaired) electrons. The minimum atomic E-state index is -0.489. The van der Waals surface area contributed by atoms with Crippen LogP contribution in [-0.4, -0.2) is 11.8 Å². The summed E-state index contributed by atoms with van der Waals surface area (Å²) in [6.45, 7) is 2.00. The monoisotopic (exact) mass is 287 g/mol. The molecule has 1 aromatic carbocycles. The lowest BCUT2D eigenvalue weighted by molar-refractivity contribution is 0.0969. The van der Waals surface area contributed by atoms with Crippen molar-refractivity contribution >= 4 is 21.7 Å². The average molecular weight is 288 g/mol. The van der Waals surface area contributed by atoms with Gasteiger partial charge in [0, 0.05) is 16.9 Å². The second-order valence-electron chi connectivity index (χ2n) is 3.80. The summed E-state index contributed by atoms with van der Waals surface area (Å²) in [7, 11) is 0. The molecule has 16 heavy (non-hydrogen) atoms. The van der Waals surface area contributed by atoms with Crippen molar-refractivity contribution in [1.29, 1.82) is 0 Å². The van der Waals surface area contributed by atoms with E-state index in [1.165, 1.54) is 12.1 Å². The van der Waals surface area contributed by atoms with E-state index in [2.05, 4.69) is 15.9 Å². The molecule has 0 bridgehead atoms. The number of Topliss-reactive ketones (excluding diaryl/α,β-unsaturated/α-hetero) is 1. The molecule has 88 valence electrons. The molecule has 0 spiro atoms. The summed E-state index contributed by atoms with van der Waals surface area (Å²) in [6.07, 6.45) is 1.90.